The number of hydrogen-bond acceptors (Lipinski definition) is 6. The molecule has 3 fully saturated rings. The van der Waals surface area contributed by atoms with Gasteiger partial charge in [-0.1, -0.05) is 12.1 Å². The van der Waals surface area contributed by atoms with Crippen LogP contribution in [0.25, 0.3) is 0 Å². The lowest BCUT2D eigenvalue weighted by molar-refractivity contribution is -0.938. The van der Waals surface area contributed by atoms with E-state index in [4.69, 9.17) is 9.47 Å². The summed E-state index contributed by atoms with van der Waals surface area (Å²) in [7, 11) is 4.49. The molecule has 1 N–H and O–H groups in total. The van der Waals surface area contributed by atoms with E-state index in [1.807, 2.05) is 22.9 Å². The van der Waals surface area contributed by atoms with Crippen LogP contribution in [0.2, 0.25) is 0 Å². The fourth-order valence-electron chi connectivity index (χ4n) is 4.83. The van der Waals surface area contributed by atoms with E-state index in [9.17, 15) is 9.90 Å². The van der Waals surface area contributed by atoms with E-state index < -0.39 is 11.6 Å². The van der Waals surface area contributed by atoms with Crippen LogP contribution < -0.4 is 17.0 Å². The summed E-state index contributed by atoms with van der Waals surface area (Å²) >= 11 is 2.74. The van der Waals surface area contributed by atoms with E-state index >= 15 is 0 Å². The fourth-order valence-corrected chi connectivity index (χ4v) is 6.54. The SMILES string of the molecule is C[N+]1(C)[C@@H]2CC(OC(=O)C(O)(c3cccs3)c3cccs3)C[C@@H]1[C@H]1O[C@H]12.[Br-]. The number of rotatable bonds is 4. The number of hydrogen-bond donors (Lipinski definition) is 1. The first kappa shape index (κ1) is 19.5. The number of morpholine rings is 1. The van der Waals surface area contributed by atoms with E-state index in [0.29, 0.717) is 34.0 Å². The summed E-state index contributed by atoms with van der Waals surface area (Å²) in [6, 6.07) is 8.01. The second-order valence-corrected chi connectivity index (χ2v) is 9.89. The molecule has 146 valence electrons. The van der Waals surface area contributed by atoms with Gasteiger partial charge in [-0.05, 0) is 22.9 Å². The number of carbonyl (C=O) groups is 1. The molecule has 0 amide bonds. The number of likely N-dealkylation sites (N-methyl/N-ethyl adjacent to an activating group) is 1. The van der Waals surface area contributed by atoms with Crippen LogP contribution in [0.3, 0.4) is 0 Å². The fraction of sp³-hybridized carbons (Fsp3) is 0.526. The third-order valence-corrected chi connectivity index (χ3v) is 8.32. The Balaban J connectivity index is 0.00000180. The van der Waals surface area contributed by atoms with Crippen molar-refractivity contribution in [2.24, 2.45) is 0 Å². The Morgan fingerprint density at radius 3 is 2.11 bits per heavy atom. The van der Waals surface area contributed by atoms with Crippen LogP contribution in [-0.2, 0) is 19.9 Å². The Morgan fingerprint density at radius 1 is 1.15 bits per heavy atom. The highest BCUT2D eigenvalue weighted by atomic mass is 79.9. The lowest BCUT2D eigenvalue weighted by atomic mass is 9.95. The number of halogens is 1. The van der Waals surface area contributed by atoms with E-state index in [2.05, 4.69) is 14.1 Å². The van der Waals surface area contributed by atoms with Crippen LogP contribution in [0, 0.1) is 0 Å². The summed E-state index contributed by atoms with van der Waals surface area (Å²) in [4.78, 5) is 14.3. The molecule has 8 heteroatoms. The number of epoxide rings is 1. The van der Waals surface area contributed by atoms with Crippen molar-refractivity contribution in [1.82, 2.24) is 0 Å². The van der Waals surface area contributed by atoms with Crippen molar-refractivity contribution in [3.05, 3.63) is 44.8 Å². The van der Waals surface area contributed by atoms with Gasteiger partial charge in [0, 0.05) is 12.8 Å². The molecule has 5 atom stereocenters. The molecule has 2 aromatic heterocycles. The van der Waals surface area contributed by atoms with E-state index in [0.717, 1.165) is 17.3 Å². The van der Waals surface area contributed by atoms with E-state index in [1.165, 1.54) is 22.7 Å². The van der Waals surface area contributed by atoms with Crippen LogP contribution in [0.15, 0.2) is 35.0 Å². The minimum absolute atomic E-state index is 0. The molecule has 1 unspecified atom stereocenters. The highest BCUT2D eigenvalue weighted by molar-refractivity contribution is 7.12. The standard InChI is InChI=1S/C19H22NO4S2.BrH/c1-20(2)12-9-11(10-13(20)17-16(12)24-17)23-18(21)19(22,14-5-3-7-25-14)15-6-4-8-26-15;/h3-8,11-13,16-17,22H,9-10H2,1-2H3;1H/q+1;/p-1/t11?,12-,13-,16-,17+;/m1./s1. The predicted molar refractivity (Wildman–Crippen MR) is 99.1 cm³/mol. The number of quaternary nitrogens is 1. The lowest BCUT2D eigenvalue weighted by Gasteiger charge is -2.45. The quantitative estimate of drug-likeness (QED) is 0.365. The van der Waals surface area contributed by atoms with Gasteiger partial charge in [0.1, 0.15) is 30.4 Å². The monoisotopic (exact) mass is 471 g/mol. The minimum Gasteiger partial charge on any atom is -1.00 e. The van der Waals surface area contributed by atoms with Crippen LogP contribution in [-0.4, -0.2) is 60.0 Å². The van der Waals surface area contributed by atoms with E-state index in [-0.39, 0.29) is 23.1 Å². The minimum atomic E-state index is -1.72. The molecule has 3 aliphatic rings. The average Bonchev–Trinajstić information content (AvgIpc) is 2.98. The molecule has 0 saturated carbocycles. The van der Waals surface area contributed by atoms with Crippen LogP contribution >= 0.6 is 22.7 Å². The number of aliphatic hydroxyl groups is 1. The summed E-state index contributed by atoms with van der Waals surface area (Å²) in [5.41, 5.74) is -1.72. The summed E-state index contributed by atoms with van der Waals surface area (Å²) in [5, 5.41) is 15.1. The van der Waals surface area contributed by atoms with Gasteiger partial charge < -0.3 is 36.0 Å². The number of esters is 1. The van der Waals surface area contributed by atoms with Gasteiger partial charge in [0.25, 0.3) is 0 Å². The number of piperidine rings is 1. The van der Waals surface area contributed by atoms with Crippen LogP contribution in [0.5, 0.6) is 0 Å². The zero-order valence-corrected chi connectivity index (χ0v) is 18.3. The Kier molecular flexibility index (Phi) is 4.81. The maximum absolute atomic E-state index is 13.1. The summed E-state index contributed by atoms with van der Waals surface area (Å²) < 4.78 is 12.6. The van der Waals surface area contributed by atoms with Crippen molar-refractivity contribution in [3.63, 3.8) is 0 Å². The molecule has 2 aromatic rings. The van der Waals surface area contributed by atoms with Crippen molar-refractivity contribution in [2.45, 2.75) is 48.8 Å². The number of fused-ring (bicyclic) bond motifs is 5. The summed E-state index contributed by atoms with van der Waals surface area (Å²) in [6.45, 7) is 0. The summed E-state index contributed by atoms with van der Waals surface area (Å²) in [5.74, 6) is -0.561. The maximum atomic E-state index is 13.1. The lowest BCUT2D eigenvalue weighted by Crippen LogP contribution is -3.00. The Labute approximate surface area is 176 Å². The first-order chi connectivity index (χ1) is 12.4. The van der Waals surface area contributed by atoms with Gasteiger partial charge >= 0.3 is 5.97 Å². The molecule has 0 aliphatic carbocycles. The molecule has 27 heavy (non-hydrogen) atoms. The zero-order chi connectivity index (χ0) is 18.1. The van der Waals surface area contributed by atoms with Gasteiger partial charge in [-0.15, -0.1) is 22.7 Å². The molecule has 0 aromatic carbocycles. The van der Waals surface area contributed by atoms with Crippen LogP contribution in [0.4, 0.5) is 0 Å². The highest BCUT2D eigenvalue weighted by Gasteiger charge is 2.71. The average molecular weight is 472 g/mol. The van der Waals surface area contributed by atoms with Gasteiger partial charge in [0.05, 0.1) is 23.8 Å². The first-order valence-corrected chi connectivity index (χ1v) is 10.7. The van der Waals surface area contributed by atoms with Crippen molar-refractivity contribution in [1.29, 1.82) is 0 Å². The number of thiophene rings is 2. The van der Waals surface area contributed by atoms with Crippen LogP contribution in [0.1, 0.15) is 22.6 Å². The highest BCUT2D eigenvalue weighted by Crippen LogP contribution is 2.52. The molecule has 0 radical (unpaired) electrons. The third kappa shape index (κ3) is 2.84. The van der Waals surface area contributed by atoms with Gasteiger partial charge in [-0.25, -0.2) is 4.79 Å². The predicted octanol–water partition coefficient (Wildman–Crippen LogP) is -0.650. The molecule has 5 heterocycles. The molecule has 5 rings (SSSR count). The van der Waals surface area contributed by atoms with Gasteiger partial charge in [0.15, 0.2) is 0 Å². The van der Waals surface area contributed by atoms with Crippen molar-refractivity contribution < 1.29 is 40.8 Å². The number of nitrogens with zero attached hydrogens (tertiary/aromatic N) is 1. The Hall–Kier alpha value is -0.770. The third-order valence-electron chi connectivity index (χ3n) is 6.36. The van der Waals surface area contributed by atoms with Crippen molar-refractivity contribution >= 4 is 28.6 Å². The van der Waals surface area contributed by atoms with Gasteiger partial charge in [-0.3, -0.25) is 0 Å². The molecular weight excluding hydrogens is 450 g/mol. The Bertz CT molecular complexity index is 769. The molecule has 0 spiro atoms. The zero-order valence-electron chi connectivity index (χ0n) is 15.1. The molecule has 3 saturated heterocycles. The molecular formula is C19H22BrNO4S2. The topological polar surface area (TPSA) is 59.1 Å². The van der Waals surface area contributed by atoms with Gasteiger partial charge in [-0.2, -0.15) is 0 Å². The number of carbonyl (C=O) groups excluding carboxylic acids is 1. The first-order valence-electron chi connectivity index (χ1n) is 8.92. The Morgan fingerprint density at radius 2 is 1.67 bits per heavy atom. The molecule has 5 nitrogen and oxygen atoms in total. The second-order valence-electron chi connectivity index (χ2n) is 7.99. The largest absolute Gasteiger partial charge is 1.00 e. The van der Waals surface area contributed by atoms with Crippen molar-refractivity contribution in [3.8, 4) is 0 Å². The maximum Gasteiger partial charge on any atom is 0.349 e. The smallest absolute Gasteiger partial charge is 0.349 e. The summed E-state index contributed by atoms with van der Waals surface area (Å²) in [6.07, 6.45) is 2.05. The second kappa shape index (κ2) is 6.64. The van der Waals surface area contributed by atoms with Gasteiger partial charge in [0.2, 0.25) is 5.60 Å². The van der Waals surface area contributed by atoms with E-state index in [1.54, 1.807) is 12.1 Å². The normalized spacial score (nSPS) is 33.1. The molecule has 3 aliphatic heterocycles. The number of ether oxygens (including phenoxy) is 2. The van der Waals surface area contributed by atoms with Crippen molar-refractivity contribution in [2.75, 3.05) is 14.1 Å². The molecule has 2 bridgehead atoms.